The van der Waals surface area contributed by atoms with Gasteiger partial charge in [-0.05, 0) is 24.0 Å². The Morgan fingerprint density at radius 1 is 1.38 bits per heavy atom. The van der Waals surface area contributed by atoms with Gasteiger partial charge in [0.1, 0.15) is 0 Å². The Morgan fingerprint density at radius 2 is 2.08 bits per heavy atom. The van der Waals surface area contributed by atoms with Gasteiger partial charge >= 0.3 is 0 Å². The first-order valence-electron chi connectivity index (χ1n) is 4.36. The molecule has 2 nitrogen and oxygen atoms in total. The lowest BCUT2D eigenvalue weighted by atomic mass is 10.1. The van der Waals surface area contributed by atoms with Crippen LogP contribution in [0.2, 0.25) is 0 Å². The van der Waals surface area contributed by atoms with E-state index in [2.05, 4.69) is 35.8 Å². The molecule has 1 saturated heterocycles. The third kappa shape index (κ3) is 1.88. The van der Waals surface area contributed by atoms with E-state index in [0.717, 1.165) is 0 Å². The monoisotopic (exact) mass is 195 g/mol. The van der Waals surface area contributed by atoms with Gasteiger partial charge in [-0.25, -0.2) is 0 Å². The molecule has 1 aliphatic heterocycles. The van der Waals surface area contributed by atoms with E-state index >= 15 is 0 Å². The molecule has 0 aliphatic carbocycles. The smallest absolute Gasteiger partial charge is 0.0603 e. The Balaban J connectivity index is 2.07. The summed E-state index contributed by atoms with van der Waals surface area (Å²) in [7, 11) is 0. The van der Waals surface area contributed by atoms with Crippen LogP contribution in [0.25, 0.3) is 0 Å². The van der Waals surface area contributed by atoms with Crippen molar-refractivity contribution in [2.75, 3.05) is 12.9 Å². The van der Waals surface area contributed by atoms with Gasteiger partial charge in [0.05, 0.1) is 18.7 Å². The second kappa shape index (κ2) is 3.70. The van der Waals surface area contributed by atoms with Crippen LogP contribution in [0.4, 0.5) is 0 Å². The molecule has 1 fully saturated rings. The molecular weight excluding hydrogens is 182 g/mol. The molecule has 1 aliphatic rings. The van der Waals surface area contributed by atoms with Crippen molar-refractivity contribution in [2.45, 2.75) is 17.0 Å². The normalized spacial score (nSPS) is 26.0. The summed E-state index contributed by atoms with van der Waals surface area (Å²) >= 11 is 1.75. The number of thioether (sulfide) groups is 1. The van der Waals surface area contributed by atoms with E-state index in [0.29, 0.717) is 6.04 Å². The highest BCUT2D eigenvalue weighted by molar-refractivity contribution is 7.98. The first-order chi connectivity index (χ1) is 6.35. The lowest BCUT2D eigenvalue weighted by molar-refractivity contribution is 0.294. The minimum atomic E-state index is 0.231. The van der Waals surface area contributed by atoms with Crippen LogP contribution >= 0.6 is 11.8 Å². The fourth-order valence-electron chi connectivity index (χ4n) is 1.47. The van der Waals surface area contributed by atoms with Crippen molar-refractivity contribution in [2.24, 2.45) is 0 Å². The van der Waals surface area contributed by atoms with Crippen molar-refractivity contribution in [3.8, 4) is 0 Å². The van der Waals surface area contributed by atoms with Crippen LogP contribution < -0.4 is 5.32 Å². The molecule has 2 N–H and O–H groups in total. The van der Waals surface area contributed by atoms with Crippen LogP contribution in [0.5, 0.6) is 0 Å². The van der Waals surface area contributed by atoms with Gasteiger partial charge < -0.3 is 10.4 Å². The van der Waals surface area contributed by atoms with Crippen molar-refractivity contribution in [3.63, 3.8) is 0 Å². The third-order valence-corrected chi connectivity index (χ3v) is 3.10. The average molecular weight is 195 g/mol. The van der Waals surface area contributed by atoms with E-state index in [1.54, 1.807) is 11.8 Å². The largest absolute Gasteiger partial charge is 0.395 e. The summed E-state index contributed by atoms with van der Waals surface area (Å²) < 4.78 is 0. The van der Waals surface area contributed by atoms with Gasteiger partial charge in [0.25, 0.3) is 0 Å². The molecule has 2 rings (SSSR count). The van der Waals surface area contributed by atoms with Crippen molar-refractivity contribution < 1.29 is 5.11 Å². The van der Waals surface area contributed by atoms with Crippen LogP contribution in [0.15, 0.2) is 29.2 Å². The summed E-state index contributed by atoms with van der Waals surface area (Å²) in [4.78, 5) is 1.28. The molecule has 13 heavy (non-hydrogen) atoms. The second-order valence-electron chi connectivity index (χ2n) is 3.21. The highest BCUT2D eigenvalue weighted by Gasteiger charge is 2.36. The van der Waals surface area contributed by atoms with Crippen molar-refractivity contribution in [1.82, 2.24) is 5.32 Å². The van der Waals surface area contributed by atoms with E-state index < -0.39 is 0 Å². The summed E-state index contributed by atoms with van der Waals surface area (Å²) in [6, 6.07) is 9.14. The number of aliphatic hydroxyl groups excluding tert-OH is 1. The number of benzene rings is 1. The lowest BCUT2D eigenvalue weighted by Gasteiger charge is -1.99. The zero-order valence-electron chi connectivity index (χ0n) is 7.53. The minimum Gasteiger partial charge on any atom is -0.395 e. The van der Waals surface area contributed by atoms with Gasteiger partial charge in [0.2, 0.25) is 0 Å². The van der Waals surface area contributed by atoms with Crippen molar-refractivity contribution in [3.05, 3.63) is 29.8 Å². The molecule has 0 spiro atoms. The maximum atomic E-state index is 8.87. The zero-order chi connectivity index (χ0) is 9.26. The number of rotatable bonds is 3. The fraction of sp³-hybridized carbons (Fsp3) is 0.400. The molecular formula is C10H13NOS. The summed E-state index contributed by atoms with van der Waals surface area (Å²) in [5.74, 6) is 0. The SMILES string of the molecule is CSc1ccc([C@H]2N[C@@H]2CO)cc1. The van der Waals surface area contributed by atoms with Gasteiger partial charge in [-0.3, -0.25) is 0 Å². The van der Waals surface area contributed by atoms with E-state index in [4.69, 9.17) is 5.11 Å². The number of nitrogens with one attached hydrogen (secondary N) is 1. The quantitative estimate of drug-likeness (QED) is 0.566. The Kier molecular flexibility index (Phi) is 2.58. The molecule has 0 amide bonds. The molecule has 0 saturated carbocycles. The van der Waals surface area contributed by atoms with Gasteiger partial charge in [0.15, 0.2) is 0 Å². The van der Waals surface area contributed by atoms with Crippen LogP contribution in [-0.2, 0) is 0 Å². The average Bonchev–Trinajstić information content (AvgIpc) is 2.97. The standard InChI is InChI=1S/C10H13NOS/c1-13-8-4-2-7(3-5-8)10-9(6-12)11-10/h2-5,9-12H,6H2,1H3/t9-,10-/m1/s1. The first-order valence-corrected chi connectivity index (χ1v) is 5.58. The minimum absolute atomic E-state index is 0.231. The molecule has 70 valence electrons. The summed E-state index contributed by atoms with van der Waals surface area (Å²) in [5.41, 5.74) is 1.27. The molecule has 2 atom stereocenters. The summed E-state index contributed by atoms with van der Waals surface area (Å²) in [6.45, 7) is 0.231. The summed E-state index contributed by atoms with van der Waals surface area (Å²) in [6.07, 6.45) is 2.07. The first kappa shape index (κ1) is 9.06. The van der Waals surface area contributed by atoms with Crippen LogP contribution in [0.3, 0.4) is 0 Å². The number of hydrogen-bond acceptors (Lipinski definition) is 3. The Hall–Kier alpha value is -0.510. The van der Waals surface area contributed by atoms with Crippen molar-refractivity contribution >= 4 is 11.8 Å². The van der Waals surface area contributed by atoms with Gasteiger partial charge in [-0.1, -0.05) is 12.1 Å². The highest BCUT2D eigenvalue weighted by Crippen LogP contribution is 2.30. The molecule has 0 bridgehead atoms. The van der Waals surface area contributed by atoms with Gasteiger partial charge in [-0.2, -0.15) is 0 Å². The maximum Gasteiger partial charge on any atom is 0.0603 e. The lowest BCUT2D eigenvalue weighted by Crippen LogP contribution is -1.96. The molecule has 1 aromatic rings. The second-order valence-corrected chi connectivity index (χ2v) is 4.09. The van der Waals surface area contributed by atoms with Crippen LogP contribution in [0.1, 0.15) is 11.6 Å². The molecule has 1 aromatic carbocycles. The van der Waals surface area contributed by atoms with Crippen molar-refractivity contribution in [1.29, 1.82) is 0 Å². The van der Waals surface area contributed by atoms with E-state index in [9.17, 15) is 0 Å². The number of hydrogen-bond donors (Lipinski definition) is 2. The summed E-state index contributed by atoms with van der Waals surface area (Å²) in [5, 5.41) is 12.1. The Morgan fingerprint density at radius 3 is 2.54 bits per heavy atom. The third-order valence-electron chi connectivity index (χ3n) is 2.36. The predicted molar refractivity (Wildman–Crippen MR) is 55.0 cm³/mol. The van der Waals surface area contributed by atoms with Crippen LogP contribution in [-0.4, -0.2) is 24.0 Å². The number of aliphatic hydroxyl groups is 1. The molecule has 0 aromatic heterocycles. The molecule has 0 unspecified atom stereocenters. The molecule has 1 heterocycles. The predicted octanol–water partition coefficient (Wildman–Crippen LogP) is 1.41. The van der Waals surface area contributed by atoms with E-state index in [1.165, 1.54) is 10.5 Å². The Labute approximate surface area is 82.4 Å². The van der Waals surface area contributed by atoms with E-state index in [-0.39, 0.29) is 12.6 Å². The zero-order valence-corrected chi connectivity index (χ0v) is 8.34. The molecule has 0 radical (unpaired) electrons. The van der Waals surface area contributed by atoms with Gasteiger partial charge in [0, 0.05) is 4.90 Å². The Bertz CT molecular complexity index is 285. The van der Waals surface area contributed by atoms with Crippen LogP contribution in [0, 0.1) is 0 Å². The maximum absolute atomic E-state index is 8.87. The topological polar surface area (TPSA) is 42.2 Å². The van der Waals surface area contributed by atoms with E-state index in [1.807, 2.05) is 0 Å². The van der Waals surface area contributed by atoms with Gasteiger partial charge in [-0.15, -0.1) is 11.8 Å². The highest BCUT2D eigenvalue weighted by atomic mass is 32.2. The fourth-order valence-corrected chi connectivity index (χ4v) is 1.88. The molecule has 3 heteroatoms.